The van der Waals surface area contributed by atoms with Crippen LogP contribution in [0.25, 0.3) is 0 Å². The third-order valence-electron chi connectivity index (χ3n) is 0.287. The molecule has 0 amide bonds. The Morgan fingerprint density at radius 3 is 1.13 bits per heavy atom. The number of thioether (sulfide) groups is 1. The van der Waals surface area contributed by atoms with Crippen LogP contribution >= 0.6 is 11.8 Å². The van der Waals surface area contributed by atoms with Gasteiger partial charge in [0.15, 0.2) is 0 Å². The van der Waals surface area contributed by atoms with Gasteiger partial charge in [0, 0.05) is 21.1 Å². The van der Waals surface area contributed by atoms with Crippen LogP contribution in [0.3, 0.4) is 0 Å². The summed E-state index contributed by atoms with van der Waals surface area (Å²) in [6.07, 6.45) is 4.08. The Morgan fingerprint density at radius 2 is 1.13 bits per heavy atom. The van der Waals surface area contributed by atoms with Gasteiger partial charge in [0.1, 0.15) is 0 Å². The first-order valence-electron chi connectivity index (χ1n) is 4.29. The Morgan fingerprint density at radius 1 is 1.07 bits per heavy atom. The number of hydrogen-bond acceptors (Lipinski definition) is 5. The molecule has 0 fully saturated rings. The molecule has 0 aliphatic carbocycles. The molecule has 0 unspecified atom stereocenters. The summed E-state index contributed by atoms with van der Waals surface area (Å²) in [6, 6.07) is 0. The zero-order chi connectivity index (χ0) is 13.3. The van der Waals surface area contributed by atoms with Gasteiger partial charge >= 0.3 is 5.97 Å². The number of nitrogens with zero attached hydrogens (tertiary/aromatic N) is 1. The van der Waals surface area contributed by atoms with Gasteiger partial charge in [-0.05, 0) is 33.7 Å². The predicted octanol–water partition coefficient (Wildman–Crippen LogP) is 1.60. The van der Waals surface area contributed by atoms with Gasteiger partial charge < -0.3 is 14.4 Å². The lowest BCUT2D eigenvalue weighted by molar-refractivity contribution is -0.137. The number of methoxy groups -OCH3 is 2. The number of carbonyl (C=O) groups is 1. The SMILES string of the molecule is CN(C)C.COC.COC(C)=O.CSC. The van der Waals surface area contributed by atoms with Gasteiger partial charge in [-0.1, -0.05) is 0 Å². The Labute approximate surface area is 99.3 Å². The van der Waals surface area contributed by atoms with Crippen LogP contribution in [0.4, 0.5) is 0 Å². The summed E-state index contributed by atoms with van der Waals surface area (Å²) in [5, 5.41) is 0. The normalized spacial score (nSPS) is 7.07. The topological polar surface area (TPSA) is 38.8 Å². The number of hydrogen-bond donors (Lipinski definition) is 0. The van der Waals surface area contributed by atoms with Gasteiger partial charge in [-0.25, -0.2) is 0 Å². The summed E-state index contributed by atoms with van der Waals surface area (Å²) < 4.78 is 8.36. The first-order chi connectivity index (χ1) is 6.83. The quantitative estimate of drug-likeness (QED) is 0.602. The van der Waals surface area contributed by atoms with Crippen molar-refractivity contribution in [2.24, 2.45) is 0 Å². The van der Waals surface area contributed by atoms with Crippen LogP contribution in [0.2, 0.25) is 0 Å². The van der Waals surface area contributed by atoms with E-state index >= 15 is 0 Å². The van der Waals surface area contributed by atoms with Gasteiger partial charge in [-0.15, -0.1) is 0 Å². The minimum absolute atomic E-state index is 0.245. The van der Waals surface area contributed by atoms with E-state index in [1.807, 2.05) is 38.6 Å². The van der Waals surface area contributed by atoms with E-state index in [1.165, 1.54) is 14.0 Å². The van der Waals surface area contributed by atoms with E-state index < -0.39 is 0 Å². The second kappa shape index (κ2) is 29.2. The van der Waals surface area contributed by atoms with Gasteiger partial charge in [-0.3, -0.25) is 4.79 Å². The van der Waals surface area contributed by atoms with Crippen LogP contribution in [-0.2, 0) is 14.3 Å². The highest BCUT2D eigenvalue weighted by Crippen LogP contribution is 1.70. The minimum atomic E-state index is -0.245. The Hall–Kier alpha value is -0.260. The average molecular weight is 241 g/mol. The summed E-state index contributed by atoms with van der Waals surface area (Å²) >= 11 is 1.75. The molecule has 0 atom stereocenters. The highest BCUT2D eigenvalue weighted by atomic mass is 32.2. The molecule has 96 valence electrons. The number of ether oxygens (including phenoxy) is 2. The average Bonchev–Trinajstić information content (AvgIpc) is 2.06. The van der Waals surface area contributed by atoms with E-state index in [2.05, 4.69) is 9.47 Å². The molecule has 0 saturated heterocycles. The molecule has 0 radical (unpaired) electrons. The maximum absolute atomic E-state index is 9.59. The second-order valence-electron chi connectivity index (χ2n) is 2.85. The smallest absolute Gasteiger partial charge is 0.302 e. The molecule has 0 N–H and O–H groups in total. The lowest BCUT2D eigenvalue weighted by Gasteiger charge is -1.90. The number of rotatable bonds is 0. The molecule has 0 bridgehead atoms. The van der Waals surface area contributed by atoms with Crippen molar-refractivity contribution in [3.63, 3.8) is 0 Å². The second-order valence-corrected chi connectivity index (χ2v) is 3.67. The number of esters is 1. The zero-order valence-corrected chi connectivity index (χ0v) is 12.4. The maximum Gasteiger partial charge on any atom is 0.302 e. The molecule has 15 heavy (non-hydrogen) atoms. The molecule has 0 aromatic heterocycles. The molecule has 0 saturated carbocycles. The molecule has 0 aliphatic heterocycles. The molecular formula is C10H27NO3S. The van der Waals surface area contributed by atoms with Crippen LogP contribution in [0.1, 0.15) is 6.92 Å². The highest BCUT2D eigenvalue weighted by Gasteiger charge is 1.75. The first kappa shape index (κ1) is 24.1. The van der Waals surface area contributed by atoms with Crippen molar-refractivity contribution in [1.29, 1.82) is 0 Å². The van der Waals surface area contributed by atoms with Gasteiger partial charge in [0.25, 0.3) is 0 Å². The van der Waals surface area contributed by atoms with Gasteiger partial charge in [-0.2, -0.15) is 11.8 Å². The van der Waals surface area contributed by atoms with E-state index in [0.717, 1.165) is 0 Å². The monoisotopic (exact) mass is 241 g/mol. The fourth-order valence-corrected chi connectivity index (χ4v) is 0. The molecule has 0 aromatic carbocycles. The molecule has 4 nitrogen and oxygen atoms in total. The zero-order valence-electron chi connectivity index (χ0n) is 11.6. The Bertz CT molecular complexity index is 95.9. The molecule has 5 heteroatoms. The molecular weight excluding hydrogens is 214 g/mol. The standard InChI is InChI=1S/C3H9N.C3H6O2.C2H6O.C2H6S/c1-4(2)3;1-3(4)5-2;2*1-3-2/h1-3H3;1-2H3;2*1-2H3. The lowest BCUT2D eigenvalue weighted by atomic mass is 10.8. The molecule has 0 aromatic rings. The van der Waals surface area contributed by atoms with Crippen molar-refractivity contribution in [3.8, 4) is 0 Å². The third-order valence-corrected chi connectivity index (χ3v) is 0.287. The lowest BCUT2D eigenvalue weighted by Crippen LogP contribution is -1.99. The summed E-state index contributed by atoms with van der Waals surface area (Å²) in [5.41, 5.74) is 0. The first-order valence-corrected chi connectivity index (χ1v) is 5.92. The van der Waals surface area contributed by atoms with Crippen molar-refractivity contribution in [2.75, 3.05) is 55.0 Å². The Balaban J connectivity index is -0.0000000553. The highest BCUT2D eigenvalue weighted by molar-refractivity contribution is 7.97. The summed E-state index contributed by atoms with van der Waals surface area (Å²) in [7, 11) is 10.6. The predicted molar refractivity (Wildman–Crippen MR) is 69.7 cm³/mol. The third kappa shape index (κ3) is 625. The van der Waals surface area contributed by atoms with Crippen LogP contribution in [0.5, 0.6) is 0 Å². The summed E-state index contributed by atoms with van der Waals surface area (Å²) in [4.78, 5) is 11.6. The summed E-state index contributed by atoms with van der Waals surface area (Å²) in [5.74, 6) is -0.245. The van der Waals surface area contributed by atoms with E-state index in [1.54, 1.807) is 26.0 Å². The van der Waals surface area contributed by atoms with E-state index in [0.29, 0.717) is 0 Å². The van der Waals surface area contributed by atoms with Gasteiger partial charge in [0.05, 0.1) is 7.11 Å². The molecule has 0 rings (SSSR count). The maximum atomic E-state index is 9.59. The minimum Gasteiger partial charge on any atom is -0.469 e. The number of carbonyl (C=O) groups excluding carboxylic acids is 1. The van der Waals surface area contributed by atoms with Crippen molar-refractivity contribution < 1.29 is 14.3 Å². The van der Waals surface area contributed by atoms with Crippen LogP contribution in [0, 0.1) is 0 Å². The molecule has 0 heterocycles. The fourth-order valence-electron chi connectivity index (χ4n) is 0. The van der Waals surface area contributed by atoms with E-state index in [9.17, 15) is 4.79 Å². The molecule has 0 spiro atoms. The summed E-state index contributed by atoms with van der Waals surface area (Å²) in [6.45, 7) is 1.36. The largest absolute Gasteiger partial charge is 0.469 e. The van der Waals surface area contributed by atoms with Crippen molar-refractivity contribution in [1.82, 2.24) is 4.90 Å². The van der Waals surface area contributed by atoms with Crippen LogP contribution in [0.15, 0.2) is 0 Å². The van der Waals surface area contributed by atoms with Crippen LogP contribution < -0.4 is 0 Å². The van der Waals surface area contributed by atoms with E-state index in [-0.39, 0.29) is 5.97 Å². The van der Waals surface area contributed by atoms with Crippen molar-refractivity contribution in [2.45, 2.75) is 6.92 Å². The van der Waals surface area contributed by atoms with Crippen LogP contribution in [-0.4, -0.2) is 65.9 Å². The molecule has 0 aliphatic rings. The van der Waals surface area contributed by atoms with Crippen molar-refractivity contribution >= 4 is 17.7 Å². The van der Waals surface area contributed by atoms with Crippen molar-refractivity contribution in [3.05, 3.63) is 0 Å². The Kier molecular flexibility index (Phi) is 47.0. The fraction of sp³-hybridized carbons (Fsp3) is 0.900. The van der Waals surface area contributed by atoms with E-state index in [4.69, 9.17) is 0 Å². The van der Waals surface area contributed by atoms with Gasteiger partial charge in [0.2, 0.25) is 0 Å².